The number of alkyl halides is 3. The highest BCUT2D eigenvalue weighted by molar-refractivity contribution is 5.54. The summed E-state index contributed by atoms with van der Waals surface area (Å²) in [5, 5.41) is 14.3. The largest absolute Gasteiger partial charge is 0.416 e. The Balaban J connectivity index is 1.62. The molecule has 3 rings (SSSR count). The Morgan fingerprint density at radius 1 is 1.19 bits per heavy atom. The summed E-state index contributed by atoms with van der Waals surface area (Å²) in [5.41, 5.74) is -1.09. The van der Waals surface area contributed by atoms with Crippen LogP contribution in [0.1, 0.15) is 24.3 Å². The van der Waals surface area contributed by atoms with Crippen molar-refractivity contribution >= 4 is 0 Å². The van der Waals surface area contributed by atoms with E-state index in [4.69, 9.17) is 9.26 Å². The molecule has 0 amide bonds. The number of benzene rings is 1. The number of nitrogens with zero attached hydrogens (tertiary/aromatic N) is 3. The first-order chi connectivity index (χ1) is 12.3. The van der Waals surface area contributed by atoms with E-state index in [0.717, 1.165) is 12.1 Å². The summed E-state index contributed by atoms with van der Waals surface area (Å²) >= 11 is 0. The zero-order valence-corrected chi connectivity index (χ0v) is 14.3. The third-order valence-electron chi connectivity index (χ3n) is 4.33. The van der Waals surface area contributed by atoms with E-state index < -0.39 is 17.3 Å². The van der Waals surface area contributed by atoms with Crippen LogP contribution in [0.15, 0.2) is 28.8 Å². The Morgan fingerprint density at radius 3 is 2.46 bits per heavy atom. The normalized spacial score (nSPS) is 17.6. The fraction of sp³-hybridized carbons (Fsp3) is 0.529. The Morgan fingerprint density at radius 2 is 1.85 bits per heavy atom. The fourth-order valence-electron chi connectivity index (χ4n) is 2.94. The van der Waals surface area contributed by atoms with Gasteiger partial charge in [-0.05, 0) is 19.2 Å². The van der Waals surface area contributed by atoms with Gasteiger partial charge in [-0.3, -0.25) is 4.90 Å². The van der Waals surface area contributed by atoms with E-state index in [1.54, 1.807) is 0 Å². The lowest BCUT2D eigenvalue weighted by molar-refractivity contribution is -0.137. The van der Waals surface area contributed by atoms with Crippen molar-refractivity contribution < 1.29 is 27.5 Å². The first-order valence-corrected chi connectivity index (χ1v) is 8.24. The molecule has 0 aliphatic carbocycles. The molecular formula is C17H20F3N3O3. The van der Waals surface area contributed by atoms with E-state index in [2.05, 4.69) is 10.1 Å². The molecule has 26 heavy (non-hydrogen) atoms. The summed E-state index contributed by atoms with van der Waals surface area (Å²) in [6.07, 6.45) is -3.25. The highest BCUT2D eigenvalue weighted by atomic mass is 19.4. The van der Waals surface area contributed by atoms with E-state index in [-0.39, 0.29) is 5.82 Å². The zero-order chi connectivity index (χ0) is 18.8. The minimum absolute atomic E-state index is 0.229. The number of aliphatic hydroxyl groups is 1. The molecule has 142 valence electrons. The van der Waals surface area contributed by atoms with E-state index in [9.17, 15) is 18.3 Å². The highest BCUT2D eigenvalue weighted by Gasteiger charge is 2.32. The van der Waals surface area contributed by atoms with E-state index >= 15 is 0 Å². The molecule has 2 aromatic rings. The SMILES string of the molecule is CN(Cc1nc(-c2ccc(C(F)(F)F)cc2)no1)CC1(O)CCOCC1. The molecule has 0 bridgehead atoms. The Labute approximate surface area is 148 Å². The van der Waals surface area contributed by atoms with Gasteiger partial charge in [0.05, 0.1) is 17.7 Å². The summed E-state index contributed by atoms with van der Waals surface area (Å²) in [5.74, 6) is 0.560. The third kappa shape index (κ3) is 4.60. The van der Waals surface area contributed by atoms with Crippen LogP contribution in [0.2, 0.25) is 0 Å². The smallest absolute Gasteiger partial charge is 0.388 e. The summed E-state index contributed by atoms with van der Waals surface area (Å²) in [4.78, 5) is 6.09. The van der Waals surface area contributed by atoms with Crippen LogP contribution in [0.25, 0.3) is 11.4 Å². The molecule has 6 nitrogen and oxygen atoms in total. The molecule has 2 heterocycles. The van der Waals surface area contributed by atoms with Gasteiger partial charge in [-0.2, -0.15) is 18.2 Å². The van der Waals surface area contributed by atoms with Crippen LogP contribution in [0, 0.1) is 0 Å². The van der Waals surface area contributed by atoms with E-state index in [0.29, 0.717) is 50.6 Å². The van der Waals surface area contributed by atoms with E-state index in [1.165, 1.54) is 12.1 Å². The van der Waals surface area contributed by atoms with Crippen molar-refractivity contribution in [3.8, 4) is 11.4 Å². The molecule has 0 spiro atoms. The van der Waals surface area contributed by atoms with Gasteiger partial charge >= 0.3 is 6.18 Å². The summed E-state index contributed by atoms with van der Waals surface area (Å²) in [6, 6.07) is 4.59. The first kappa shape index (κ1) is 18.8. The van der Waals surface area contributed by atoms with Crippen LogP contribution < -0.4 is 0 Å². The quantitative estimate of drug-likeness (QED) is 0.871. The van der Waals surface area contributed by atoms with Gasteiger partial charge < -0.3 is 14.4 Å². The fourth-order valence-corrected chi connectivity index (χ4v) is 2.94. The maximum atomic E-state index is 12.6. The number of rotatable bonds is 5. The lowest BCUT2D eigenvalue weighted by Crippen LogP contribution is -2.45. The van der Waals surface area contributed by atoms with Crippen molar-refractivity contribution in [1.29, 1.82) is 0 Å². The first-order valence-electron chi connectivity index (χ1n) is 8.24. The number of hydrogen-bond donors (Lipinski definition) is 1. The number of likely N-dealkylation sites (N-methyl/N-ethyl adjacent to an activating group) is 1. The van der Waals surface area contributed by atoms with Gasteiger partial charge in [-0.1, -0.05) is 17.3 Å². The molecular weight excluding hydrogens is 351 g/mol. The van der Waals surface area contributed by atoms with Gasteiger partial charge in [0.1, 0.15) is 0 Å². The minimum Gasteiger partial charge on any atom is -0.388 e. The Kier molecular flexibility index (Phi) is 5.31. The van der Waals surface area contributed by atoms with Crippen LogP contribution in [-0.4, -0.2) is 52.6 Å². The third-order valence-corrected chi connectivity index (χ3v) is 4.33. The summed E-state index contributed by atoms with van der Waals surface area (Å²) in [6.45, 7) is 1.83. The monoisotopic (exact) mass is 371 g/mol. The molecule has 9 heteroatoms. The average Bonchev–Trinajstić information content (AvgIpc) is 3.02. The number of aromatic nitrogens is 2. The molecule has 1 aliphatic rings. The molecule has 1 aromatic heterocycles. The molecule has 0 saturated carbocycles. The van der Waals surface area contributed by atoms with Crippen molar-refractivity contribution in [2.24, 2.45) is 0 Å². The van der Waals surface area contributed by atoms with Gasteiger partial charge in [0, 0.05) is 38.2 Å². The molecule has 0 unspecified atom stereocenters. The van der Waals surface area contributed by atoms with Crippen LogP contribution in [0.5, 0.6) is 0 Å². The topological polar surface area (TPSA) is 71.6 Å². The van der Waals surface area contributed by atoms with Crippen LogP contribution in [-0.2, 0) is 17.5 Å². The van der Waals surface area contributed by atoms with Crippen LogP contribution in [0.4, 0.5) is 13.2 Å². The van der Waals surface area contributed by atoms with Crippen molar-refractivity contribution in [3.05, 3.63) is 35.7 Å². The Bertz CT molecular complexity index is 725. The average molecular weight is 371 g/mol. The van der Waals surface area contributed by atoms with Crippen LogP contribution in [0.3, 0.4) is 0 Å². The summed E-state index contributed by atoms with van der Waals surface area (Å²) < 4.78 is 48.3. The standard InChI is InChI=1S/C17H20F3N3O3/c1-23(11-16(24)6-8-25-9-7-16)10-14-21-15(22-26-14)12-2-4-13(5-3-12)17(18,19)20/h2-5,24H,6-11H2,1H3. The second-order valence-electron chi connectivity index (χ2n) is 6.60. The van der Waals surface area contributed by atoms with Gasteiger partial charge in [-0.25, -0.2) is 0 Å². The van der Waals surface area contributed by atoms with Gasteiger partial charge in [0.15, 0.2) is 0 Å². The number of hydrogen-bond acceptors (Lipinski definition) is 6. The van der Waals surface area contributed by atoms with Crippen molar-refractivity contribution in [2.45, 2.75) is 31.2 Å². The molecule has 1 N–H and O–H groups in total. The summed E-state index contributed by atoms with van der Waals surface area (Å²) in [7, 11) is 1.83. The second kappa shape index (κ2) is 7.34. The maximum absolute atomic E-state index is 12.6. The van der Waals surface area contributed by atoms with Crippen molar-refractivity contribution in [1.82, 2.24) is 15.0 Å². The Hall–Kier alpha value is -1.97. The minimum atomic E-state index is -4.38. The molecule has 1 aromatic carbocycles. The molecule has 1 aliphatic heterocycles. The van der Waals surface area contributed by atoms with E-state index in [1.807, 2.05) is 11.9 Å². The molecule has 1 fully saturated rings. The van der Waals surface area contributed by atoms with Gasteiger partial charge in [-0.15, -0.1) is 0 Å². The number of ether oxygens (including phenoxy) is 1. The van der Waals surface area contributed by atoms with Crippen molar-refractivity contribution in [2.75, 3.05) is 26.8 Å². The zero-order valence-electron chi connectivity index (χ0n) is 14.3. The lowest BCUT2D eigenvalue weighted by atomic mass is 9.94. The van der Waals surface area contributed by atoms with Crippen LogP contribution >= 0.6 is 0 Å². The molecule has 0 radical (unpaired) electrons. The van der Waals surface area contributed by atoms with Gasteiger partial charge in [0.25, 0.3) is 0 Å². The predicted molar refractivity (Wildman–Crippen MR) is 86.1 cm³/mol. The second-order valence-corrected chi connectivity index (χ2v) is 6.60. The predicted octanol–water partition coefficient (Wildman–Crippen LogP) is 2.73. The lowest BCUT2D eigenvalue weighted by Gasteiger charge is -2.35. The molecule has 1 saturated heterocycles. The van der Waals surface area contributed by atoms with Gasteiger partial charge in [0.2, 0.25) is 11.7 Å². The highest BCUT2D eigenvalue weighted by Crippen LogP contribution is 2.30. The molecule has 0 atom stereocenters. The number of halogens is 3. The van der Waals surface area contributed by atoms with Crippen molar-refractivity contribution in [3.63, 3.8) is 0 Å². The maximum Gasteiger partial charge on any atom is 0.416 e.